The molecule has 0 radical (unpaired) electrons. The maximum atomic E-state index is 11.5. The van der Waals surface area contributed by atoms with Gasteiger partial charge in [-0.05, 0) is 5.56 Å². The molecular weight excluding hydrogens is 206 g/mol. The first-order valence-electron chi connectivity index (χ1n) is 5.06. The lowest BCUT2D eigenvalue weighted by molar-refractivity contribution is -0.126. The third-order valence-electron chi connectivity index (χ3n) is 2.48. The van der Waals surface area contributed by atoms with Crippen molar-refractivity contribution >= 4 is 11.8 Å². The molecule has 2 atom stereocenters. The molecule has 1 heterocycles. The molecule has 3 N–H and O–H groups in total. The first-order chi connectivity index (χ1) is 7.68. The summed E-state index contributed by atoms with van der Waals surface area (Å²) in [5.74, 6) is -0.436. The summed E-state index contributed by atoms with van der Waals surface area (Å²) in [6.45, 7) is 1.40. The van der Waals surface area contributed by atoms with Crippen LogP contribution in [0.15, 0.2) is 30.3 Å². The summed E-state index contributed by atoms with van der Waals surface area (Å²) < 4.78 is 0. The fourth-order valence-corrected chi connectivity index (χ4v) is 1.77. The molecule has 1 saturated heterocycles. The highest BCUT2D eigenvalue weighted by Gasteiger charge is 2.35. The first-order valence-corrected chi connectivity index (χ1v) is 5.06. The Morgan fingerprint density at radius 1 is 1.31 bits per heavy atom. The van der Waals surface area contributed by atoms with Crippen LogP contribution in [0.25, 0.3) is 0 Å². The number of amides is 2. The van der Waals surface area contributed by atoms with E-state index in [1.807, 2.05) is 30.3 Å². The molecule has 1 aromatic rings. The second kappa shape index (κ2) is 4.32. The Kier molecular flexibility index (Phi) is 2.87. The average Bonchev–Trinajstić information content (AvgIpc) is 2.61. The van der Waals surface area contributed by atoms with E-state index in [0.29, 0.717) is 0 Å². The number of carbonyl (C=O) groups is 2. The highest BCUT2D eigenvalue weighted by molar-refractivity contribution is 5.89. The molecule has 5 heteroatoms. The largest absolute Gasteiger partial charge is 0.343 e. The molecular formula is C11H13N3O2. The van der Waals surface area contributed by atoms with Gasteiger partial charge in [-0.15, -0.1) is 0 Å². The van der Waals surface area contributed by atoms with Crippen LogP contribution in [0.5, 0.6) is 0 Å². The molecule has 0 aromatic heterocycles. The van der Waals surface area contributed by atoms with Gasteiger partial charge in [-0.1, -0.05) is 30.3 Å². The maximum absolute atomic E-state index is 11.5. The lowest BCUT2D eigenvalue weighted by Crippen LogP contribution is -2.41. The minimum atomic E-state index is -0.556. The van der Waals surface area contributed by atoms with E-state index in [1.54, 1.807) is 0 Å². The van der Waals surface area contributed by atoms with Gasteiger partial charge < -0.3 is 5.32 Å². The molecule has 0 aliphatic carbocycles. The van der Waals surface area contributed by atoms with Gasteiger partial charge in [0.1, 0.15) is 6.04 Å². The normalized spacial score (nSPS) is 23.9. The van der Waals surface area contributed by atoms with Gasteiger partial charge in [0, 0.05) is 6.92 Å². The highest BCUT2D eigenvalue weighted by Crippen LogP contribution is 2.19. The van der Waals surface area contributed by atoms with Crippen LogP contribution in [0, 0.1) is 0 Å². The van der Waals surface area contributed by atoms with Crippen LogP contribution >= 0.6 is 0 Å². The Morgan fingerprint density at radius 2 is 2.00 bits per heavy atom. The number of hydrazine groups is 1. The molecule has 1 fully saturated rings. The van der Waals surface area contributed by atoms with Gasteiger partial charge in [0.2, 0.25) is 5.91 Å². The summed E-state index contributed by atoms with van der Waals surface area (Å²) in [6.07, 6.45) is 0. The van der Waals surface area contributed by atoms with Crippen molar-refractivity contribution in [3.8, 4) is 0 Å². The number of nitrogens with one attached hydrogen (secondary N) is 3. The Morgan fingerprint density at radius 3 is 2.62 bits per heavy atom. The average molecular weight is 219 g/mol. The molecule has 0 bridgehead atoms. The summed E-state index contributed by atoms with van der Waals surface area (Å²) in [7, 11) is 0. The number of carbonyl (C=O) groups excluding carboxylic acids is 2. The Bertz CT molecular complexity index is 405. The molecule has 1 aliphatic rings. The van der Waals surface area contributed by atoms with E-state index in [0.717, 1.165) is 5.56 Å². The van der Waals surface area contributed by atoms with Crippen molar-refractivity contribution < 1.29 is 9.59 Å². The van der Waals surface area contributed by atoms with E-state index in [1.165, 1.54) is 6.92 Å². The smallest absolute Gasteiger partial charge is 0.258 e. The van der Waals surface area contributed by atoms with Crippen LogP contribution in [-0.2, 0) is 9.59 Å². The van der Waals surface area contributed by atoms with E-state index in [4.69, 9.17) is 0 Å². The lowest BCUT2D eigenvalue weighted by atomic mass is 10.0. The minimum Gasteiger partial charge on any atom is -0.343 e. The van der Waals surface area contributed by atoms with Crippen LogP contribution in [0.4, 0.5) is 0 Å². The van der Waals surface area contributed by atoms with Crippen LogP contribution in [0.3, 0.4) is 0 Å². The SMILES string of the molecule is CC(=O)N[C@H]1C(=O)NN[C@@H]1c1ccccc1. The summed E-state index contributed by atoms with van der Waals surface area (Å²) in [6, 6.07) is 8.73. The molecule has 1 aliphatic heterocycles. The van der Waals surface area contributed by atoms with Gasteiger partial charge in [0.15, 0.2) is 0 Å². The Labute approximate surface area is 93.2 Å². The second-order valence-electron chi connectivity index (χ2n) is 3.70. The summed E-state index contributed by atoms with van der Waals surface area (Å²) in [4.78, 5) is 22.5. The van der Waals surface area contributed by atoms with Crippen molar-refractivity contribution in [2.24, 2.45) is 0 Å². The van der Waals surface area contributed by atoms with Crippen molar-refractivity contribution in [3.05, 3.63) is 35.9 Å². The van der Waals surface area contributed by atoms with Crippen LogP contribution in [-0.4, -0.2) is 17.9 Å². The van der Waals surface area contributed by atoms with Gasteiger partial charge in [-0.3, -0.25) is 15.0 Å². The predicted molar refractivity (Wildman–Crippen MR) is 58.1 cm³/mol. The topological polar surface area (TPSA) is 70.2 Å². The third kappa shape index (κ3) is 2.04. The number of rotatable bonds is 2. The van der Waals surface area contributed by atoms with Gasteiger partial charge in [-0.25, -0.2) is 5.43 Å². The fourth-order valence-electron chi connectivity index (χ4n) is 1.77. The number of hydrogen-bond donors (Lipinski definition) is 3. The molecule has 0 spiro atoms. The van der Waals surface area contributed by atoms with Crippen molar-refractivity contribution in [1.29, 1.82) is 0 Å². The van der Waals surface area contributed by atoms with Crippen LogP contribution < -0.4 is 16.2 Å². The zero-order chi connectivity index (χ0) is 11.5. The molecule has 2 rings (SSSR count). The highest BCUT2D eigenvalue weighted by atomic mass is 16.2. The lowest BCUT2D eigenvalue weighted by Gasteiger charge is -2.17. The zero-order valence-corrected chi connectivity index (χ0v) is 8.86. The molecule has 1 aromatic carbocycles. The number of benzene rings is 1. The van der Waals surface area contributed by atoms with Gasteiger partial charge in [0.05, 0.1) is 6.04 Å². The van der Waals surface area contributed by atoms with Crippen molar-refractivity contribution in [2.75, 3.05) is 0 Å². The Balaban J connectivity index is 2.21. The number of hydrogen-bond acceptors (Lipinski definition) is 3. The molecule has 84 valence electrons. The van der Waals surface area contributed by atoms with Crippen molar-refractivity contribution in [3.63, 3.8) is 0 Å². The molecule has 0 saturated carbocycles. The summed E-state index contributed by atoms with van der Waals surface area (Å²) >= 11 is 0. The summed E-state index contributed by atoms with van der Waals surface area (Å²) in [5, 5.41) is 2.63. The van der Waals surface area contributed by atoms with Crippen molar-refractivity contribution in [1.82, 2.24) is 16.2 Å². The third-order valence-corrected chi connectivity index (χ3v) is 2.48. The maximum Gasteiger partial charge on any atom is 0.258 e. The quantitative estimate of drug-likeness (QED) is 0.648. The zero-order valence-electron chi connectivity index (χ0n) is 8.86. The standard InChI is InChI=1S/C11H13N3O2/c1-7(15)12-10-9(13-14-11(10)16)8-5-3-2-4-6-8/h2-6,9-10,13H,1H3,(H,12,15)(H,14,16)/t9-,10-/m1/s1. The Hall–Kier alpha value is -1.88. The van der Waals surface area contributed by atoms with Crippen molar-refractivity contribution in [2.45, 2.75) is 19.0 Å². The summed E-state index contributed by atoms with van der Waals surface area (Å²) in [5.41, 5.74) is 6.34. The molecule has 16 heavy (non-hydrogen) atoms. The van der Waals surface area contributed by atoms with Gasteiger partial charge in [0.25, 0.3) is 5.91 Å². The van der Waals surface area contributed by atoms with Gasteiger partial charge in [-0.2, -0.15) is 0 Å². The monoisotopic (exact) mass is 219 g/mol. The molecule has 0 unspecified atom stereocenters. The van der Waals surface area contributed by atoms with E-state index < -0.39 is 6.04 Å². The minimum absolute atomic E-state index is 0.218. The first kappa shape index (κ1) is 10.6. The second-order valence-corrected chi connectivity index (χ2v) is 3.70. The van der Waals surface area contributed by atoms with E-state index >= 15 is 0 Å². The van der Waals surface area contributed by atoms with Crippen LogP contribution in [0.1, 0.15) is 18.5 Å². The molecule has 2 amide bonds. The molecule has 5 nitrogen and oxygen atoms in total. The van der Waals surface area contributed by atoms with E-state index in [9.17, 15) is 9.59 Å². The van der Waals surface area contributed by atoms with Gasteiger partial charge >= 0.3 is 0 Å². The van der Waals surface area contributed by atoms with Crippen LogP contribution in [0.2, 0.25) is 0 Å². The van der Waals surface area contributed by atoms with E-state index in [2.05, 4.69) is 16.2 Å². The van der Waals surface area contributed by atoms with E-state index in [-0.39, 0.29) is 17.9 Å². The fraction of sp³-hybridized carbons (Fsp3) is 0.273. The predicted octanol–water partition coefficient (Wildman–Crippen LogP) is -0.133.